The highest BCUT2D eigenvalue weighted by atomic mass is 79.9. The summed E-state index contributed by atoms with van der Waals surface area (Å²) in [5.74, 6) is 0.897. The predicted octanol–water partition coefficient (Wildman–Crippen LogP) is 3.51. The SMILES string of the molecule is C/C=C/CCNCc1cc(OC)ccc1Br. The van der Waals surface area contributed by atoms with Crippen LogP contribution in [0.3, 0.4) is 0 Å². The maximum Gasteiger partial charge on any atom is 0.119 e. The number of rotatable bonds is 6. The molecule has 0 heterocycles. The van der Waals surface area contributed by atoms with Crippen molar-refractivity contribution in [3.8, 4) is 5.75 Å². The summed E-state index contributed by atoms with van der Waals surface area (Å²) >= 11 is 3.53. The molecule has 0 spiro atoms. The Morgan fingerprint density at radius 1 is 1.44 bits per heavy atom. The quantitative estimate of drug-likeness (QED) is 0.637. The van der Waals surface area contributed by atoms with Crippen molar-refractivity contribution >= 4 is 15.9 Å². The number of nitrogens with one attached hydrogen (secondary N) is 1. The van der Waals surface area contributed by atoms with Crippen LogP contribution in [0.2, 0.25) is 0 Å². The van der Waals surface area contributed by atoms with Gasteiger partial charge < -0.3 is 10.1 Å². The van der Waals surface area contributed by atoms with Crippen molar-refractivity contribution in [3.05, 3.63) is 40.4 Å². The van der Waals surface area contributed by atoms with Crippen LogP contribution in [0.25, 0.3) is 0 Å². The molecule has 0 aliphatic carbocycles. The highest BCUT2D eigenvalue weighted by Crippen LogP contribution is 2.22. The molecule has 0 aliphatic heterocycles. The molecule has 1 rings (SSSR count). The monoisotopic (exact) mass is 283 g/mol. The maximum absolute atomic E-state index is 5.19. The van der Waals surface area contributed by atoms with Crippen molar-refractivity contribution in [1.82, 2.24) is 5.32 Å². The maximum atomic E-state index is 5.19. The van der Waals surface area contributed by atoms with Gasteiger partial charge in [0.15, 0.2) is 0 Å². The number of ether oxygens (including phenoxy) is 1. The minimum atomic E-state index is 0.856. The number of hydrogen-bond acceptors (Lipinski definition) is 2. The molecule has 2 nitrogen and oxygen atoms in total. The first-order chi connectivity index (χ1) is 7.77. The Kier molecular flexibility index (Phi) is 6.19. The van der Waals surface area contributed by atoms with Crippen molar-refractivity contribution in [2.24, 2.45) is 0 Å². The van der Waals surface area contributed by atoms with E-state index >= 15 is 0 Å². The Labute approximate surface area is 106 Å². The number of methoxy groups -OCH3 is 1. The van der Waals surface area contributed by atoms with Crippen LogP contribution in [0.5, 0.6) is 5.75 Å². The van der Waals surface area contributed by atoms with Gasteiger partial charge in [-0.2, -0.15) is 0 Å². The fraction of sp³-hybridized carbons (Fsp3) is 0.385. The molecule has 0 saturated heterocycles. The summed E-state index contributed by atoms with van der Waals surface area (Å²) in [5.41, 5.74) is 1.22. The highest BCUT2D eigenvalue weighted by molar-refractivity contribution is 9.10. The van der Waals surface area contributed by atoms with Gasteiger partial charge in [-0.3, -0.25) is 0 Å². The molecule has 0 aromatic heterocycles. The molecule has 1 N–H and O–H groups in total. The van der Waals surface area contributed by atoms with Gasteiger partial charge in [0.2, 0.25) is 0 Å². The van der Waals surface area contributed by atoms with E-state index in [9.17, 15) is 0 Å². The molecular formula is C13H18BrNO. The van der Waals surface area contributed by atoms with E-state index in [-0.39, 0.29) is 0 Å². The molecule has 1 aromatic carbocycles. The van der Waals surface area contributed by atoms with Gasteiger partial charge in [0.25, 0.3) is 0 Å². The van der Waals surface area contributed by atoms with Crippen LogP contribution in [0.15, 0.2) is 34.8 Å². The third kappa shape index (κ3) is 4.37. The zero-order valence-electron chi connectivity index (χ0n) is 9.79. The lowest BCUT2D eigenvalue weighted by atomic mass is 10.2. The van der Waals surface area contributed by atoms with E-state index in [0.717, 1.165) is 29.7 Å². The van der Waals surface area contributed by atoms with E-state index in [1.807, 2.05) is 25.1 Å². The van der Waals surface area contributed by atoms with Gasteiger partial charge in [-0.25, -0.2) is 0 Å². The van der Waals surface area contributed by atoms with Crippen molar-refractivity contribution in [3.63, 3.8) is 0 Å². The summed E-state index contributed by atoms with van der Waals surface area (Å²) in [4.78, 5) is 0. The molecular weight excluding hydrogens is 266 g/mol. The second kappa shape index (κ2) is 7.47. The van der Waals surface area contributed by atoms with Crippen molar-refractivity contribution < 1.29 is 4.74 Å². The van der Waals surface area contributed by atoms with Crippen LogP contribution < -0.4 is 10.1 Å². The standard InChI is InChI=1S/C13H18BrNO/c1-3-4-5-8-15-10-11-9-12(16-2)6-7-13(11)14/h3-4,6-7,9,15H,5,8,10H2,1-2H3/b4-3+. The van der Waals surface area contributed by atoms with Crippen molar-refractivity contribution in [1.29, 1.82) is 0 Å². The molecule has 3 heteroatoms. The molecule has 0 aliphatic rings. The zero-order chi connectivity index (χ0) is 11.8. The summed E-state index contributed by atoms with van der Waals surface area (Å²) in [6, 6.07) is 6.02. The van der Waals surface area contributed by atoms with Gasteiger partial charge >= 0.3 is 0 Å². The molecule has 1 aromatic rings. The number of halogens is 1. The second-order valence-electron chi connectivity index (χ2n) is 3.49. The first-order valence-corrected chi connectivity index (χ1v) is 6.21. The minimum absolute atomic E-state index is 0.856. The van der Waals surface area contributed by atoms with E-state index in [1.165, 1.54) is 5.56 Å². The van der Waals surface area contributed by atoms with Gasteiger partial charge in [0.1, 0.15) is 5.75 Å². The molecule has 88 valence electrons. The number of hydrogen-bond donors (Lipinski definition) is 1. The van der Waals surface area contributed by atoms with E-state index in [1.54, 1.807) is 7.11 Å². The Bertz CT molecular complexity index is 350. The van der Waals surface area contributed by atoms with Gasteiger partial charge in [-0.1, -0.05) is 28.1 Å². The number of allylic oxidation sites excluding steroid dienone is 1. The lowest BCUT2D eigenvalue weighted by molar-refractivity contribution is 0.414. The summed E-state index contributed by atoms with van der Waals surface area (Å²) in [7, 11) is 1.69. The van der Waals surface area contributed by atoms with Crippen LogP contribution in [-0.4, -0.2) is 13.7 Å². The van der Waals surface area contributed by atoms with Crippen LogP contribution in [0, 0.1) is 0 Å². The average Bonchev–Trinajstić information content (AvgIpc) is 2.31. The summed E-state index contributed by atoms with van der Waals surface area (Å²) in [6.07, 6.45) is 5.30. The average molecular weight is 284 g/mol. The second-order valence-corrected chi connectivity index (χ2v) is 4.35. The van der Waals surface area contributed by atoms with Crippen LogP contribution in [-0.2, 0) is 6.54 Å². The number of benzene rings is 1. The van der Waals surface area contributed by atoms with E-state index in [0.29, 0.717) is 0 Å². The molecule has 0 amide bonds. The molecule has 0 fully saturated rings. The fourth-order valence-electron chi connectivity index (χ4n) is 1.39. The van der Waals surface area contributed by atoms with Crippen LogP contribution >= 0.6 is 15.9 Å². The third-order valence-electron chi connectivity index (χ3n) is 2.29. The molecule has 16 heavy (non-hydrogen) atoms. The molecule has 0 atom stereocenters. The summed E-state index contributed by atoms with van der Waals surface area (Å²) < 4.78 is 6.31. The van der Waals surface area contributed by atoms with Gasteiger partial charge in [-0.15, -0.1) is 0 Å². The van der Waals surface area contributed by atoms with Gasteiger partial charge in [0, 0.05) is 11.0 Å². The summed E-state index contributed by atoms with van der Waals surface area (Å²) in [6.45, 7) is 3.89. The Hall–Kier alpha value is -0.800. The Balaban J connectivity index is 2.46. The van der Waals surface area contributed by atoms with E-state index < -0.39 is 0 Å². The molecule has 0 saturated carbocycles. The topological polar surface area (TPSA) is 21.3 Å². The zero-order valence-corrected chi connectivity index (χ0v) is 11.4. The van der Waals surface area contributed by atoms with Crippen molar-refractivity contribution in [2.45, 2.75) is 19.9 Å². The Morgan fingerprint density at radius 2 is 2.25 bits per heavy atom. The minimum Gasteiger partial charge on any atom is -0.497 e. The fourth-order valence-corrected chi connectivity index (χ4v) is 1.78. The molecule has 0 radical (unpaired) electrons. The van der Waals surface area contributed by atoms with Crippen LogP contribution in [0.1, 0.15) is 18.9 Å². The first kappa shape index (κ1) is 13.3. The molecule has 0 unspecified atom stereocenters. The van der Waals surface area contributed by atoms with Crippen LogP contribution in [0.4, 0.5) is 0 Å². The van der Waals surface area contributed by atoms with Crippen molar-refractivity contribution in [2.75, 3.05) is 13.7 Å². The third-order valence-corrected chi connectivity index (χ3v) is 3.07. The van der Waals surface area contributed by atoms with Gasteiger partial charge in [0.05, 0.1) is 7.11 Å². The van der Waals surface area contributed by atoms with E-state index in [4.69, 9.17) is 4.74 Å². The smallest absolute Gasteiger partial charge is 0.119 e. The lowest BCUT2D eigenvalue weighted by Gasteiger charge is -2.08. The largest absolute Gasteiger partial charge is 0.497 e. The molecule has 0 bridgehead atoms. The normalized spacial score (nSPS) is 10.9. The first-order valence-electron chi connectivity index (χ1n) is 5.42. The lowest BCUT2D eigenvalue weighted by Crippen LogP contribution is -2.14. The van der Waals surface area contributed by atoms with Gasteiger partial charge in [-0.05, 0) is 43.7 Å². The predicted molar refractivity (Wildman–Crippen MR) is 71.8 cm³/mol. The van der Waals surface area contributed by atoms with E-state index in [2.05, 4.69) is 33.4 Å². The summed E-state index contributed by atoms with van der Waals surface area (Å²) in [5, 5.41) is 3.39. The highest BCUT2D eigenvalue weighted by Gasteiger charge is 2.01. The Morgan fingerprint density at radius 3 is 2.94 bits per heavy atom.